The number of nitrogens with two attached hydrogens (primary N) is 1. The molecule has 0 spiro atoms. The third-order valence-electron chi connectivity index (χ3n) is 2.61. The van der Waals surface area contributed by atoms with Crippen LogP contribution in [0.25, 0.3) is 0 Å². The summed E-state index contributed by atoms with van der Waals surface area (Å²) in [6.07, 6.45) is 2.19. The highest BCUT2D eigenvalue weighted by Gasteiger charge is 2.23. The summed E-state index contributed by atoms with van der Waals surface area (Å²) in [5, 5.41) is 0. The Bertz CT molecular complexity index is 348. The highest BCUT2D eigenvalue weighted by molar-refractivity contribution is 5.31. The van der Waals surface area contributed by atoms with Crippen LogP contribution in [0.2, 0.25) is 0 Å². The van der Waals surface area contributed by atoms with Crippen LogP contribution in [0.15, 0.2) is 12.3 Å². The van der Waals surface area contributed by atoms with Crippen molar-refractivity contribution < 1.29 is 4.74 Å². The Labute approximate surface area is 95.6 Å². The first-order valence-corrected chi connectivity index (χ1v) is 5.61. The molecule has 0 bridgehead atoms. The van der Waals surface area contributed by atoms with Crippen LogP contribution in [0.3, 0.4) is 0 Å². The fourth-order valence-electron chi connectivity index (χ4n) is 1.99. The van der Waals surface area contributed by atoms with E-state index in [1.54, 1.807) is 6.20 Å². The number of hydrogen-bond donors (Lipinski definition) is 1. The van der Waals surface area contributed by atoms with Crippen molar-refractivity contribution >= 4 is 5.95 Å². The van der Waals surface area contributed by atoms with E-state index < -0.39 is 0 Å². The predicted molar refractivity (Wildman–Crippen MR) is 62.1 cm³/mol. The van der Waals surface area contributed by atoms with Crippen LogP contribution >= 0.6 is 0 Å². The largest absolute Gasteiger partial charge is 0.372 e. The fourth-order valence-corrected chi connectivity index (χ4v) is 1.99. The zero-order valence-electron chi connectivity index (χ0n) is 9.76. The van der Waals surface area contributed by atoms with Crippen LogP contribution in [-0.2, 0) is 11.3 Å². The first kappa shape index (κ1) is 11.3. The molecule has 2 rings (SSSR count). The lowest BCUT2D eigenvalue weighted by atomic mass is 10.2. The third-order valence-corrected chi connectivity index (χ3v) is 2.61. The predicted octanol–water partition coefficient (Wildman–Crippen LogP) is 0.549. The molecule has 5 nitrogen and oxygen atoms in total. The summed E-state index contributed by atoms with van der Waals surface area (Å²) in [5.41, 5.74) is 6.44. The highest BCUT2D eigenvalue weighted by Crippen LogP contribution is 2.16. The van der Waals surface area contributed by atoms with Gasteiger partial charge in [-0.1, -0.05) is 0 Å². The smallest absolute Gasteiger partial charge is 0.225 e. The second-order valence-corrected chi connectivity index (χ2v) is 4.21. The molecule has 1 saturated heterocycles. The van der Waals surface area contributed by atoms with Crippen LogP contribution in [0.5, 0.6) is 0 Å². The summed E-state index contributed by atoms with van der Waals surface area (Å²) in [6.45, 7) is 6.24. The van der Waals surface area contributed by atoms with Crippen LogP contribution in [0.4, 0.5) is 5.95 Å². The molecule has 5 heteroatoms. The van der Waals surface area contributed by atoms with E-state index in [0.29, 0.717) is 6.54 Å². The molecule has 2 heterocycles. The van der Waals surface area contributed by atoms with E-state index in [2.05, 4.69) is 28.7 Å². The van der Waals surface area contributed by atoms with E-state index in [1.807, 2.05) is 6.07 Å². The second kappa shape index (κ2) is 4.76. The molecule has 1 aromatic rings. The van der Waals surface area contributed by atoms with Gasteiger partial charge < -0.3 is 15.4 Å². The van der Waals surface area contributed by atoms with Crippen LogP contribution in [-0.4, -0.2) is 35.3 Å². The lowest BCUT2D eigenvalue weighted by Gasteiger charge is -2.35. The number of hydrogen-bond acceptors (Lipinski definition) is 5. The number of rotatable bonds is 2. The Morgan fingerprint density at radius 1 is 1.44 bits per heavy atom. The first-order chi connectivity index (χ1) is 7.69. The van der Waals surface area contributed by atoms with Crippen molar-refractivity contribution in [1.82, 2.24) is 9.97 Å². The van der Waals surface area contributed by atoms with Crippen LogP contribution in [0, 0.1) is 0 Å². The van der Waals surface area contributed by atoms with Gasteiger partial charge in [0.15, 0.2) is 0 Å². The molecule has 0 saturated carbocycles. The van der Waals surface area contributed by atoms with Gasteiger partial charge in [-0.05, 0) is 19.9 Å². The molecule has 2 atom stereocenters. The van der Waals surface area contributed by atoms with Gasteiger partial charge in [0.25, 0.3) is 0 Å². The van der Waals surface area contributed by atoms with Crippen molar-refractivity contribution in [1.29, 1.82) is 0 Å². The number of aromatic nitrogens is 2. The quantitative estimate of drug-likeness (QED) is 0.791. The molecule has 0 aliphatic carbocycles. The lowest BCUT2D eigenvalue weighted by molar-refractivity contribution is -0.00573. The molecule has 88 valence electrons. The minimum absolute atomic E-state index is 0.217. The van der Waals surface area contributed by atoms with Gasteiger partial charge in [-0.3, -0.25) is 0 Å². The summed E-state index contributed by atoms with van der Waals surface area (Å²) in [6, 6.07) is 1.84. The topological polar surface area (TPSA) is 64.3 Å². The van der Waals surface area contributed by atoms with Crippen molar-refractivity contribution in [2.24, 2.45) is 5.73 Å². The Kier molecular flexibility index (Phi) is 3.36. The van der Waals surface area contributed by atoms with E-state index in [4.69, 9.17) is 10.5 Å². The minimum atomic E-state index is 0.217. The van der Waals surface area contributed by atoms with Gasteiger partial charge in [-0.15, -0.1) is 0 Å². The molecular formula is C11H18N4O. The minimum Gasteiger partial charge on any atom is -0.372 e. The van der Waals surface area contributed by atoms with Gasteiger partial charge in [0.05, 0.1) is 17.9 Å². The Hall–Kier alpha value is -1.20. The molecular weight excluding hydrogens is 204 g/mol. The van der Waals surface area contributed by atoms with Gasteiger partial charge in [0.2, 0.25) is 5.95 Å². The van der Waals surface area contributed by atoms with Crippen molar-refractivity contribution in [3.63, 3.8) is 0 Å². The van der Waals surface area contributed by atoms with Crippen molar-refractivity contribution in [2.75, 3.05) is 18.0 Å². The summed E-state index contributed by atoms with van der Waals surface area (Å²) >= 11 is 0. The van der Waals surface area contributed by atoms with E-state index in [0.717, 1.165) is 24.7 Å². The van der Waals surface area contributed by atoms with E-state index in [9.17, 15) is 0 Å². The number of morpholine rings is 1. The fraction of sp³-hybridized carbons (Fsp3) is 0.636. The molecule has 2 N–H and O–H groups in total. The van der Waals surface area contributed by atoms with Crippen LogP contribution < -0.4 is 10.6 Å². The average Bonchev–Trinajstić information content (AvgIpc) is 2.28. The number of ether oxygens (including phenoxy) is 1. The van der Waals surface area contributed by atoms with E-state index in [1.165, 1.54) is 0 Å². The van der Waals surface area contributed by atoms with Crippen molar-refractivity contribution in [3.05, 3.63) is 18.0 Å². The first-order valence-electron chi connectivity index (χ1n) is 5.61. The SMILES string of the molecule is C[C@@H]1CN(c2nccc(CN)n2)C[C@H](C)O1. The zero-order chi connectivity index (χ0) is 11.5. The summed E-state index contributed by atoms with van der Waals surface area (Å²) < 4.78 is 5.67. The van der Waals surface area contributed by atoms with E-state index in [-0.39, 0.29) is 12.2 Å². The molecule has 1 aliphatic heterocycles. The summed E-state index contributed by atoms with van der Waals surface area (Å²) in [5.74, 6) is 0.755. The van der Waals surface area contributed by atoms with E-state index >= 15 is 0 Å². The summed E-state index contributed by atoms with van der Waals surface area (Å²) in [4.78, 5) is 10.9. The van der Waals surface area contributed by atoms with Gasteiger partial charge in [-0.2, -0.15) is 0 Å². The maximum absolute atomic E-state index is 5.67. The molecule has 1 fully saturated rings. The monoisotopic (exact) mass is 222 g/mol. The second-order valence-electron chi connectivity index (χ2n) is 4.21. The number of anilines is 1. The molecule has 1 aromatic heterocycles. The number of nitrogens with zero attached hydrogens (tertiary/aromatic N) is 3. The highest BCUT2D eigenvalue weighted by atomic mass is 16.5. The lowest BCUT2D eigenvalue weighted by Crippen LogP contribution is -2.46. The summed E-state index contributed by atoms with van der Waals surface area (Å²) in [7, 11) is 0. The zero-order valence-corrected chi connectivity index (χ0v) is 9.76. The molecule has 0 unspecified atom stereocenters. The molecule has 0 aromatic carbocycles. The Morgan fingerprint density at radius 3 is 2.75 bits per heavy atom. The third kappa shape index (κ3) is 2.48. The Morgan fingerprint density at radius 2 is 2.12 bits per heavy atom. The maximum Gasteiger partial charge on any atom is 0.225 e. The van der Waals surface area contributed by atoms with Crippen LogP contribution in [0.1, 0.15) is 19.5 Å². The van der Waals surface area contributed by atoms with Gasteiger partial charge >= 0.3 is 0 Å². The standard InChI is InChI=1S/C11H18N4O/c1-8-6-15(7-9(2)16-8)11-13-4-3-10(5-12)14-11/h3-4,8-9H,5-7,12H2,1-2H3/t8-,9+. The van der Waals surface area contributed by atoms with Gasteiger partial charge in [0, 0.05) is 25.8 Å². The van der Waals surface area contributed by atoms with Crippen molar-refractivity contribution in [2.45, 2.75) is 32.6 Å². The van der Waals surface area contributed by atoms with Gasteiger partial charge in [0.1, 0.15) is 0 Å². The molecule has 16 heavy (non-hydrogen) atoms. The molecule has 0 radical (unpaired) electrons. The Balaban J connectivity index is 2.16. The normalized spacial score (nSPS) is 25.8. The van der Waals surface area contributed by atoms with Crippen molar-refractivity contribution in [3.8, 4) is 0 Å². The van der Waals surface area contributed by atoms with Gasteiger partial charge in [-0.25, -0.2) is 9.97 Å². The maximum atomic E-state index is 5.67. The molecule has 0 amide bonds. The molecule has 1 aliphatic rings. The average molecular weight is 222 g/mol.